The van der Waals surface area contributed by atoms with Crippen molar-refractivity contribution in [1.29, 1.82) is 10.5 Å². The molecular weight excluding hydrogens is 448 g/mol. The van der Waals surface area contributed by atoms with Crippen LogP contribution in [0.4, 0.5) is 0 Å². The Balaban J connectivity index is 1.64. The number of benzene rings is 2. The SMILES string of the molecule is CCCCCCCCCCCCCCOCC(COc1ccc(C#N)cc1)Oc1ccc(C#N)cc1. The van der Waals surface area contributed by atoms with Crippen LogP contribution in [-0.4, -0.2) is 25.9 Å². The third-order valence-electron chi connectivity index (χ3n) is 6.15. The van der Waals surface area contributed by atoms with E-state index in [9.17, 15) is 0 Å². The Labute approximate surface area is 218 Å². The second kappa shape index (κ2) is 19.2. The topological polar surface area (TPSA) is 75.3 Å². The van der Waals surface area contributed by atoms with Crippen LogP contribution >= 0.6 is 0 Å². The average Bonchev–Trinajstić information content (AvgIpc) is 2.92. The Morgan fingerprint density at radius 3 is 1.58 bits per heavy atom. The van der Waals surface area contributed by atoms with Gasteiger partial charge in [-0.2, -0.15) is 10.5 Å². The van der Waals surface area contributed by atoms with Gasteiger partial charge in [0.05, 0.1) is 29.9 Å². The number of nitriles is 2. The van der Waals surface area contributed by atoms with E-state index in [4.69, 9.17) is 24.7 Å². The van der Waals surface area contributed by atoms with Crippen molar-refractivity contribution < 1.29 is 14.2 Å². The molecule has 5 nitrogen and oxygen atoms in total. The summed E-state index contributed by atoms with van der Waals surface area (Å²) < 4.78 is 17.9. The number of rotatable bonds is 20. The number of hydrogen-bond donors (Lipinski definition) is 0. The molecule has 194 valence electrons. The van der Waals surface area contributed by atoms with Gasteiger partial charge in [-0.15, -0.1) is 0 Å². The molecule has 0 aliphatic heterocycles. The highest BCUT2D eigenvalue weighted by atomic mass is 16.6. The molecule has 0 heterocycles. The van der Waals surface area contributed by atoms with Gasteiger partial charge in [0.15, 0.2) is 6.10 Å². The third-order valence-corrected chi connectivity index (χ3v) is 6.15. The first kappa shape index (κ1) is 29.2. The van der Waals surface area contributed by atoms with Crippen molar-refractivity contribution in [2.45, 2.75) is 90.1 Å². The first-order valence-electron chi connectivity index (χ1n) is 13.6. The molecule has 0 bridgehead atoms. The quantitative estimate of drug-likeness (QED) is 0.176. The predicted molar refractivity (Wildman–Crippen MR) is 144 cm³/mol. The van der Waals surface area contributed by atoms with Crippen LogP contribution in [0.5, 0.6) is 11.5 Å². The largest absolute Gasteiger partial charge is 0.490 e. The molecule has 0 amide bonds. The maximum atomic E-state index is 9.00. The lowest BCUT2D eigenvalue weighted by molar-refractivity contribution is 0.0244. The van der Waals surface area contributed by atoms with Gasteiger partial charge in [0.2, 0.25) is 0 Å². The summed E-state index contributed by atoms with van der Waals surface area (Å²) in [6, 6.07) is 18.3. The van der Waals surface area contributed by atoms with Crippen molar-refractivity contribution in [2.24, 2.45) is 0 Å². The molecule has 0 aliphatic rings. The Bertz CT molecular complexity index is 897. The van der Waals surface area contributed by atoms with Gasteiger partial charge in [-0.1, -0.05) is 77.6 Å². The van der Waals surface area contributed by atoms with Gasteiger partial charge >= 0.3 is 0 Å². The van der Waals surface area contributed by atoms with E-state index in [1.165, 1.54) is 70.6 Å². The average molecular weight is 491 g/mol. The number of ether oxygens (including phenoxy) is 3. The molecule has 2 aromatic carbocycles. The first-order chi connectivity index (χ1) is 17.7. The third kappa shape index (κ3) is 13.2. The van der Waals surface area contributed by atoms with E-state index in [1.54, 1.807) is 48.5 Å². The van der Waals surface area contributed by atoms with Crippen LogP contribution < -0.4 is 9.47 Å². The summed E-state index contributed by atoms with van der Waals surface area (Å²) in [4.78, 5) is 0. The first-order valence-corrected chi connectivity index (χ1v) is 13.6. The standard InChI is InChI=1S/C31H42N2O3/c1-2-3-4-5-6-7-8-9-10-11-12-13-22-34-25-31(36-30-20-16-28(24-33)17-21-30)26-35-29-18-14-27(23-32)15-19-29/h14-21,31H,2-13,22,25-26H2,1H3. The Morgan fingerprint density at radius 1 is 0.611 bits per heavy atom. The van der Waals surface area contributed by atoms with Crippen molar-refractivity contribution in [3.63, 3.8) is 0 Å². The highest BCUT2D eigenvalue weighted by Gasteiger charge is 2.13. The van der Waals surface area contributed by atoms with Crippen molar-refractivity contribution in [1.82, 2.24) is 0 Å². The Morgan fingerprint density at radius 2 is 1.08 bits per heavy atom. The monoisotopic (exact) mass is 490 g/mol. The zero-order chi connectivity index (χ0) is 25.7. The molecule has 0 saturated carbocycles. The van der Waals surface area contributed by atoms with Crippen LogP contribution in [0.3, 0.4) is 0 Å². The lowest BCUT2D eigenvalue weighted by Gasteiger charge is -2.20. The van der Waals surface area contributed by atoms with Crippen LogP contribution in [0.2, 0.25) is 0 Å². The van der Waals surface area contributed by atoms with Crippen LogP contribution in [0, 0.1) is 22.7 Å². The molecule has 0 N–H and O–H groups in total. The molecule has 2 aromatic rings. The van der Waals surface area contributed by atoms with Crippen LogP contribution in [0.1, 0.15) is 95.1 Å². The van der Waals surface area contributed by atoms with Gasteiger partial charge in [0.25, 0.3) is 0 Å². The number of nitrogens with zero attached hydrogens (tertiary/aromatic N) is 2. The molecule has 0 saturated heterocycles. The van der Waals surface area contributed by atoms with Crippen LogP contribution in [0.25, 0.3) is 0 Å². The summed E-state index contributed by atoms with van der Waals surface area (Å²) in [7, 11) is 0. The van der Waals surface area contributed by atoms with E-state index >= 15 is 0 Å². The predicted octanol–water partition coefficient (Wildman–Crippen LogP) is 7.97. The molecule has 0 spiro atoms. The zero-order valence-corrected chi connectivity index (χ0v) is 21.9. The Hall–Kier alpha value is -3.02. The normalized spacial score (nSPS) is 11.4. The summed E-state index contributed by atoms with van der Waals surface area (Å²) in [5, 5.41) is 18.0. The van der Waals surface area contributed by atoms with E-state index in [0.29, 0.717) is 42.4 Å². The van der Waals surface area contributed by atoms with Gasteiger partial charge in [0.1, 0.15) is 18.1 Å². The lowest BCUT2D eigenvalue weighted by atomic mass is 10.1. The molecule has 0 fully saturated rings. The maximum Gasteiger partial charge on any atom is 0.156 e. The minimum absolute atomic E-state index is 0.286. The summed E-state index contributed by atoms with van der Waals surface area (Å²) in [6.45, 7) is 3.72. The maximum absolute atomic E-state index is 9.00. The van der Waals surface area contributed by atoms with Gasteiger partial charge < -0.3 is 14.2 Å². The van der Waals surface area contributed by atoms with Crippen molar-refractivity contribution in [2.75, 3.05) is 19.8 Å². The van der Waals surface area contributed by atoms with Crippen molar-refractivity contribution in [3.8, 4) is 23.6 Å². The molecule has 5 heteroatoms. The van der Waals surface area contributed by atoms with Gasteiger partial charge in [-0.25, -0.2) is 0 Å². The smallest absolute Gasteiger partial charge is 0.156 e. The molecule has 0 aromatic heterocycles. The van der Waals surface area contributed by atoms with E-state index < -0.39 is 0 Å². The highest BCUT2D eigenvalue weighted by Crippen LogP contribution is 2.17. The van der Waals surface area contributed by atoms with Crippen LogP contribution in [-0.2, 0) is 4.74 Å². The molecule has 0 aliphatic carbocycles. The van der Waals surface area contributed by atoms with Gasteiger partial charge in [0, 0.05) is 6.61 Å². The second-order valence-corrected chi connectivity index (χ2v) is 9.29. The van der Waals surface area contributed by atoms with E-state index in [-0.39, 0.29) is 6.10 Å². The summed E-state index contributed by atoms with van der Waals surface area (Å²) >= 11 is 0. The molecule has 2 rings (SSSR count). The highest BCUT2D eigenvalue weighted by molar-refractivity contribution is 5.35. The van der Waals surface area contributed by atoms with E-state index in [2.05, 4.69) is 19.1 Å². The molecule has 36 heavy (non-hydrogen) atoms. The minimum atomic E-state index is -0.286. The van der Waals surface area contributed by atoms with Crippen molar-refractivity contribution >= 4 is 0 Å². The Kier molecular flexibility index (Phi) is 15.6. The number of unbranched alkanes of at least 4 members (excludes halogenated alkanes) is 11. The minimum Gasteiger partial charge on any atom is -0.490 e. The lowest BCUT2D eigenvalue weighted by Crippen LogP contribution is -2.30. The molecule has 1 unspecified atom stereocenters. The zero-order valence-electron chi connectivity index (χ0n) is 21.9. The van der Waals surface area contributed by atoms with Crippen LogP contribution in [0.15, 0.2) is 48.5 Å². The van der Waals surface area contributed by atoms with Gasteiger partial charge in [-0.3, -0.25) is 0 Å². The summed E-state index contributed by atoms with van der Waals surface area (Å²) in [5.74, 6) is 1.36. The fraction of sp³-hybridized carbons (Fsp3) is 0.548. The van der Waals surface area contributed by atoms with Crippen molar-refractivity contribution in [3.05, 3.63) is 59.7 Å². The molecular formula is C31H42N2O3. The fourth-order valence-corrected chi connectivity index (χ4v) is 3.99. The fourth-order valence-electron chi connectivity index (χ4n) is 3.99. The summed E-state index contributed by atoms with van der Waals surface area (Å²) in [6.07, 6.45) is 15.6. The summed E-state index contributed by atoms with van der Waals surface area (Å²) in [5.41, 5.74) is 1.19. The van der Waals surface area contributed by atoms with Gasteiger partial charge in [-0.05, 0) is 55.0 Å². The second-order valence-electron chi connectivity index (χ2n) is 9.29. The number of hydrogen-bond acceptors (Lipinski definition) is 5. The van der Waals surface area contributed by atoms with E-state index in [0.717, 1.165) is 6.42 Å². The molecule has 1 atom stereocenters. The van der Waals surface area contributed by atoms with E-state index in [1.807, 2.05) is 0 Å². The molecule has 0 radical (unpaired) electrons.